The van der Waals surface area contributed by atoms with E-state index in [0.29, 0.717) is 22.6 Å². The average Bonchev–Trinajstić information content (AvgIpc) is 3.12. The summed E-state index contributed by atoms with van der Waals surface area (Å²) in [6, 6.07) is 13.4. The lowest BCUT2D eigenvalue weighted by Gasteiger charge is -2.27. The molecule has 50 heavy (non-hydrogen) atoms. The van der Waals surface area contributed by atoms with E-state index in [1.807, 2.05) is 39.8 Å². The van der Waals surface area contributed by atoms with Crippen molar-refractivity contribution in [3.05, 3.63) is 84.0 Å². The van der Waals surface area contributed by atoms with Crippen LogP contribution in [0.2, 0.25) is 0 Å². The standard InChI is InChI=1S/2C20H28N2O3/c2*1-5-16-11-7-6-10-14(2)25-18-13-9-8-12-17(18)20(24)22(4)15(3)19(23)21-16/h2*6-9,12-16H,5,10-11H2,1-4H3,(H,21,23)/b7-6+;7-6-/t2*14-,15+,16+/m11/s1. The highest BCUT2D eigenvalue weighted by Crippen LogP contribution is 2.24. The van der Waals surface area contributed by atoms with Crippen LogP contribution in [-0.4, -0.2) is 83.9 Å². The molecule has 6 atom stereocenters. The van der Waals surface area contributed by atoms with E-state index < -0.39 is 12.1 Å². The summed E-state index contributed by atoms with van der Waals surface area (Å²) in [5, 5.41) is 6.08. The van der Waals surface area contributed by atoms with Gasteiger partial charge < -0.3 is 29.9 Å². The number of rotatable bonds is 2. The number of hydrogen-bond acceptors (Lipinski definition) is 6. The quantitative estimate of drug-likeness (QED) is 0.357. The van der Waals surface area contributed by atoms with Gasteiger partial charge in [-0.05, 0) is 77.6 Å². The number of ether oxygens (including phenoxy) is 2. The van der Waals surface area contributed by atoms with Crippen LogP contribution in [0.5, 0.6) is 11.5 Å². The molecule has 2 aromatic carbocycles. The Labute approximate surface area is 298 Å². The molecule has 2 N–H and O–H groups in total. The maximum Gasteiger partial charge on any atom is 0.258 e. The Bertz CT molecular complexity index is 1390. The number of nitrogens with zero attached hydrogens (tertiary/aromatic N) is 2. The van der Waals surface area contributed by atoms with Crippen LogP contribution in [0, 0.1) is 0 Å². The molecule has 272 valence electrons. The second-order valence-corrected chi connectivity index (χ2v) is 13.1. The number of benzene rings is 2. The number of hydrogen-bond donors (Lipinski definition) is 2. The maximum absolute atomic E-state index is 12.9. The Morgan fingerprint density at radius 3 is 1.28 bits per heavy atom. The number of fused-ring (bicyclic) bond motifs is 2. The van der Waals surface area contributed by atoms with Crippen LogP contribution in [0.3, 0.4) is 0 Å². The summed E-state index contributed by atoms with van der Waals surface area (Å²) in [5.74, 6) is 0.393. The monoisotopic (exact) mass is 688 g/mol. The molecular formula is C40H56N4O6. The largest absolute Gasteiger partial charge is 0.490 e. The van der Waals surface area contributed by atoms with Gasteiger partial charge in [0.05, 0.1) is 23.3 Å². The van der Waals surface area contributed by atoms with Gasteiger partial charge in [-0.25, -0.2) is 0 Å². The van der Waals surface area contributed by atoms with Crippen LogP contribution in [0.25, 0.3) is 0 Å². The highest BCUT2D eigenvalue weighted by molar-refractivity contribution is 6.00. The number of para-hydroxylation sites is 2. The van der Waals surface area contributed by atoms with E-state index in [-0.39, 0.29) is 47.9 Å². The molecule has 0 saturated heterocycles. The Hall–Kier alpha value is -4.60. The molecule has 4 amide bonds. The third-order valence-corrected chi connectivity index (χ3v) is 9.24. The molecule has 10 heteroatoms. The van der Waals surface area contributed by atoms with Gasteiger partial charge in [-0.1, -0.05) is 62.4 Å². The molecule has 0 saturated carbocycles. The Morgan fingerprint density at radius 1 is 0.580 bits per heavy atom. The Kier molecular flexibility index (Phi) is 15.6. The fourth-order valence-electron chi connectivity index (χ4n) is 5.50. The van der Waals surface area contributed by atoms with Crippen LogP contribution >= 0.6 is 0 Å². The van der Waals surface area contributed by atoms with Crippen molar-refractivity contribution in [2.75, 3.05) is 14.1 Å². The van der Waals surface area contributed by atoms with Crippen molar-refractivity contribution in [3.8, 4) is 11.5 Å². The summed E-state index contributed by atoms with van der Waals surface area (Å²) in [4.78, 5) is 53.7. The SMILES string of the molecule is CC[C@H]1C/C=C/C[C@@H](C)Oc2ccccc2C(=O)N(C)[C@@H](C)C(=O)N1.CC[C@H]1C/C=C\C[C@@H](C)Oc2ccccc2C(=O)N(C)[C@@H](C)C(=O)N1. The first-order chi connectivity index (χ1) is 23.9. The van der Waals surface area contributed by atoms with E-state index in [4.69, 9.17) is 9.47 Å². The first-order valence-corrected chi connectivity index (χ1v) is 17.8. The molecule has 10 nitrogen and oxygen atoms in total. The lowest BCUT2D eigenvalue weighted by molar-refractivity contribution is -0.126. The predicted octanol–water partition coefficient (Wildman–Crippen LogP) is 6.32. The zero-order valence-electron chi connectivity index (χ0n) is 31.0. The second-order valence-electron chi connectivity index (χ2n) is 13.1. The fourth-order valence-corrected chi connectivity index (χ4v) is 5.50. The number of amides is 4. The smallest absolute Gasteiger partial charge is 0.258 e. The summed E-state index contributed by atoms with van der Waals surface area (Å²) in [7, 11) is 3.30. The number of likely N-dealkylation sites (N-methyl/N-ethyl adjacent to an activating group) is 2. The lowest BCUT2D eigenvalue weighted by Crippen LogP contribution is -2.48. The Balaban J connectivity index is 0.000000270. The normalized spacial score (nSPS) is 26.9. The van der Waals surface area contributed by atoms with Crippen molar-refractivity contribution in [1.82, 2.24) is 20.4 Å². The van der Waals surface area contributed by atoms with Gasteiger partial charge in [0.15, 0.2) is 0 Å². The van der Waals surface area contributed by atoms with Gasteiger partial charge in [0, 0.05) is 39.0 Å². The zero-order valence-corrected chi connectivity index (χ0v) is 31.0. The molecular weight excluding hydrogens is 632 g/mol. The molecule has 0 aliphatic carbocycles. The van der Waals surface area contributed by atoms with E-state index in [2.05, 4.69) is 34.9 Å². The third kappa shape index (κ3) is 11.2. The van der Waals surface area contributed by atoms with Crippen molar-refractivity contribution in [2.45, 2.75) is 116 Å². The number of carbonyl (C=O) groups is 4. The maximum atomic E-state index is 12.9. The van der Waals surface area contributed by atoms with Gasteiger partial charge in [0.1, 0.15) is 23.6 Å². The summed E-state index contributed by atoms with van der Waals surface area (Å²) >= 11 is 0. The van der Waals surface area contributed by atoms with Crippen molar-refractivity contribution >= 4 is 23.6 Å². The summed E-state index contributed by atoms with van der Waals surface area (Å²) in [6.45, 7) is 11.6. The van der Waals surface area contributed by atoms with Crippen LogP contribution in [0.15, 0.2) is 72.8 Å². The predicted molar refractivity (Wildman–Crippen MR) is 197 cm³/mol. The average molecular weight is 689 g/mol. The minimum atomic E-state index is -0.557. The topological polar surface area (TPSA) is 117 Å². The van der Waals surface area contributed by atoms with Crippen molar-refractivity contribution < 1.29 is 28.7 Å². The minimum absolute atomic E-state index is 0.0365. The van der Waals surface area contributed by atoms with Crippen molar-refractivity contribution in [3.63, 3.8) is 0 Å². The molecule has 0 bridgehead atoms. The van der Waals surface area contributed by atoms with E-state index >= 15 is 0 Å². The molecule has 2 heterocycles. The van der Waals surface area contributed by atoms with Crippen molar-refractivity contribution in [2.24, 2.45) is 0 Å². The van der Waals surface area contributed by atoms with Gasteiger partial charge >= 0.3 is 0 Å². The number of nitrogens with one attached hydrogen (secondary N) is 2. The van der Waals surface area contributed by atoms with E-state index in [9.17, 15) is 19.2 Å². The van der Waals surface area contributed by atoms with Gasteiger partial charge in [-0.2, -0.15) is 0 Å². The third-order valence-electron chi connectivity index (χ3n) is 9.24. The van der Waals surface area contributed by atoms with E-state index in [1.165, 1.54) is 9.80 Å². The van der Waals surface area contributed by atoms with Crippen LogP contribution in [0.1, 0.15) is 101 Å². The summed E-state index contributed by atoms with van der Waals surface area (Å²) in [6.07, 6.45) is 13.0. The summed E-state index contributed by atoms with van der Waals surface area (Å²) < 4.78 is 12.0. The molecule has 0 fully saturated rings. The first-order valence-electron chi connectivity index (χ1n) is 17.8. The van der Waals surface area contributed by atoms with Gasteiger partial charge in [-0.3, -0.25) is 19.2 Å². The highest BCUT2D eigenvalue weighted by atomic mass is 16.5. The van der Waals surface area contributed by atoms with Gasteiger partial charge in [0.25, 0.3) is 11.8 Å². The van der Waals surface area contributed by atoms with Crippen molar-refractivity contribution in [1.29, 1.82) is 0 Å². The van der Waals surface area contributed by atoms with Crippen LogP contribution < -0.4 is 20.1 Å². The minimum Gasteiger partial charge on any atom is -0.490 e. The molecule has 2 aliphatic rings. The molecule has 2 aliphatic heterocycles. The van der Waals surface area contributed by atoms with Crippen LogP contribution in [0.4, 0.5) is 0 Å². The van der Waals surface area contributed by atoms with Gasteiger partial charge in [0.2, 0.25) is 11.8 Å². The second kappa shape index (κ2) is 19.6. The molecule has 0 unspecified atom stereocenters. The van der Waals surface area contributed by atoms with Gasteiger partial charge in [-0.15, -0.1) is 0 Å². The van der Waals surface area contributed by atoms with E-state index in [0.717, 1.165) is 38.5 Å². The number of carbonyl (C=O) groups excluding carboxylic acids is 4. The molecule has 0 aromatic heterocycles. The Morgan fingerprint density at radius 2 is 0.920 bits per heavy atom. The molecule has 4 rings (SSSR count). The highest BCUT2D eigenvalue weighted by Gasteiger charge is 2.28. The zero-order chi connectivity index (χ0) is 36.8. The van der Waals surface area contributed by atoms with Crippen LogP contribution in [-0.2, 0) is 9.59 Å². The molecule has 2 aromatic rings. The summed E-state index contributed by atoms with van der Waals surface area (Å²) in [5.41, 5.74) is 0.953. The first kappa shape index (κ1) is 39.8. The fraction of sp³-hybridized carbons (Fsp3) is 0.500. The molecule has 0 radical (unpaired) electrons. The molecule has 0 spiro atoms. The van der Waals surface area contributed by atoms with E-state index in [1.54, 1.807) is 64.3 Å². The lowest BCUT2D eigenvalue weighted by atomic mass is 10.1.